The van der Waals surface area contributed by atoms with Gasteiger partial charge in [0.1, 0.15) is 16.0 Å². The van der Waals surface area contributed by atoms with Crippen LogP contribution in [-0.4, -0.2) is 16.8 Å². The van der Waals surface area contributed by atoms with Crippen molar-refractivity contribution in [2.24, 2.45) is 5.14 Å². The molecule has 2 aromatic rings. The van der Waals surface area contributed by atoms with Crippen LogP contribution in [0.25, 0.3) is 0 Å². The molecule has 1 atom stereocenters. The van der Waals surface area contributed by atoms with Crippen LogP contribution in [0.5, 0.6) is 0 Å². The van der Waals surface area contributed by atoms with E-state index >= 15 is 0 Å². The first-order chi connectivity index (χ1) is 11.6. The Morgan fingerprint density at radius 3 is 2.40 bits per heavy atom. The van der Waals surface area contributed by atoms with Gasteiger partial charge in [-0.1, -0.05) is 42.8 Å². The molecule has 25 heavy (non-hydrogen) atoms. The van der Waals surface area contributed by atoms with Gasteiger partial charge in [-0.15, -0.1) is 0 Å². The van der Waals surface area contributed by atoms with Crippen LogP contribution in [-0.2, 0) is 26.5 Å². The summed E-state index contributed by atoms with van der Waals surface area (Å²) < 4.78 is 50.7. The third-order valence-electron chi connectivity index (χ3n) is 3.92. The highest BCUT2D eigenvalue weighted by atomic mass is 35.5. The van der Waals surface area contributed by atoms with Gasteiger partial charge in [-0.2, -0.15) is 4.72 Å². The molecule has 0 radical (unpaired) electrons. The molecule has 0 aliphatic carbocycles. The van der Waals surface area contributed by atoms with Gasteiger partial charge in [0.05, 0.1) is 10.7 Å². The van der Waals surface area contributed by atoms with Gasteiger partial charge in [0.25, 0.3) is 0 Å². The van der Waals surface area contributed by atoms with Gasteiger partial charge in [-0.05, 0) is 29.7 Å². The average Bonchev–Trinajstić information content (AvgIpc) is 2.52. The highest BCUT2D eigenvalue weighted by Crippen LogP contribution is 2.36. The number of benzene rings is 2. The Bertz CT molecular complexity index is 1040. The number of anilines is 1. The van der Waals surface area contributed by atoms with E-state index in [1.54, 1.807) is 0 Å². The number of nitrogens with two attached hydrogens (primary N) is 1. The highest BCUT2D eigenvalue weighted by molar-refractivity contribution is 7.90. The number of rotatable bonds is 3. The van der Waals surface area contributed by atoms with Crippen LogP contribution in [0.2, 0.25) is 5.02 Å². The van der Waals surface area contributed by atoms with Crippen molar-refractivity contribution in [1.82, 2.24) is 4.72 Å². The van der Waals surface area contributed by atoms with E-state index in [4.69, 9.17) is 16.7 Å². The van der Waals surface area contributed by atoms with Crippen LogP contribution in [0.3, 0.4) is 0 Å². The maximum Gasteiger partial charge on any atom is 0.244 e. The summed E-state index contributed by atoms with van der Waals surface area (Å²) in [4.78, 5) is -0.659. The summed E-state index contributed by atoms with van der Waals surface area (Å²) in [5.41, 5.74) is 2.06. The van der Waals surface area contributed by atoms with Crippen LogP contribution in [0.15, 0.2) is 46.2 Å². The Morgan fingerprint density at radius 1 is 1.20 bits per heavy atom. The molecule has 0 saturated carbocycles. The smallest absolute Gasteiger partial charge is 0.244 e. The Hall–Kier alpha value is -1.65. The first kappa shape index (κ1) is 18.2. The molecule has 2 aromatic carbocycles. The zero-order valence-corrected chi connectivity index (χ0v) is 15.5. The molecule has 0 unspecified atom stereocenters. The van der Waals surface area contributed by atoms with E-state index in [0.717, 1.165) is 23.6 Å². The number of aryl methyl sites for hydroxylation is 1. The van der Waals surface area contributed by atoms with Crippen LogP contribution >= 0.6 is 11.6 Å². The minimum absolute atomic E-state index is 0.147. The van der Waals surface area contributed by atoms with Gasteiger partial charge in [-0.3, -0.25) is 0 Å². The molecule has 1 heterocycles. The summed E-state index contributed by atoms with van der Waals surface area (Å²) in [6, 6.07) is 9.69. The lowest BCUT2D eigenvalue weighted by molar-refractivity contribution is 0.562. The number of halogens is 1. The summed E-state index contributed by atoms with van der Waals surface area (Å²) in [5, 5.41) is 7.95. The largest absolute Gasteiger partial charge is 0.364 e. The van der Waals surface area contributed by atoms with Gasteiger partial charge in [0.15, 0.2) is 0 Å². The van der Waals surface area contributed by atoms with Crippen LogP contribution in [0, 0.1) is 0 Å². The molecule has 0 fully saturated rings. The fourth-order valence-electron chi connectivity index (χ4n) is 2.59. The number of sulfonamides is 2. The molecule has 1 aliphatic heterocycles. The molecule has 7 nitrogen and oxygen atoms in total. The van der Waals surface area contributed by atoms with Crippen LogP contribution < -0.4 is 15.2 Å². The third kappa shape index (κ3) is 3.51. The van der Waals surface area contributed by atoms with Gasteiger partial charge in [0.2, 0.25) is 20.0 Å². The fraction of sp³-hybridized carbons (Fsp3) is 0.200. The Labute approximate surface area is 151 Å². The normalized spacial score (nSPS) is 19.1. The lowest BCUT2D eigenvalue weighted by atomic mass is 10.1. The molecule has 0 amide bonds. The minimum atomic E-state index is -4.14. The van der Waals surface area contributed by atoms with E-state index < -0.39 is 31.1 Å². The highest BCUT2D eigenvalue weighted by Gasteiger charge is 2.32. The molecule has 134 valence electrons. The Balaban J connectivity index is 2.07. The summed E-state index contributed by atoms with van der Waals surface area (Å²) in [7, 11) is -8.09. The predicted octanol–water partition coefficient (Wildman–Crippen LogP) is 1.95. The zero-order chi connectivity index (χ0) is 18.4. The van der Waals surface area contributed by atoms with Crippen LogP contribution in [0.1, 0.15) is 24.2 Å². The quantitative estimate of drug-likeness (QED) is 0.726. The van der Waals surface area contributed by atoms with E-state index in [0.29, 0.717) is 0 Å². The van der Waals surface area contributed by atoms with Crippen molar-refractivity contribution in [3.8, 4) is 0 Å². The second-order valence-corrected chi connectivity index (χ2v) is 9.24. The molecular formula is C15H16ClN3O4S2. The molecule has 10 heteroatoms. The minimum Gasteiger partial charge on any atom is -0.364 e. The van der Waals surface area contributed by atoms with Crippen LogP contribution in [0.4, 0.5) is 5.69 Å². The summed E-state index contributed by atoms with van der Waals surface area (Å²) in [5.74, 6) is 0. The molecule has 0 aromatic heterocycles. The Kier molecular flexibility index (Phi) is 4.54. The number of hydrogen-bond acceptors (Lipinski definition) is 5. The fourth-order valence-corrected chi connectivity index (χ4v) is 5.08. The van der Waals surface area contributed by atoms with Crippen molar-refractivity contribution in [3.05, 3.63) is 52.5 Å². The van der Waals surface area contributed by atoms with Crippen molar-refractivity contribution >= 4 is 37.3 Å². The van der Waals surface area contributed by atoms with E-state index in [-0.39, 0.29) is 15.6 Å². The maximum atomic E-state index is 12.5. The van der Waals surface area contributed by atoms with Crippen molar-refractivity contribution in [1.29, 1.82) is 0 Å². The van der Waals surface area contributed by atoms with Crippen molar-refractivity contribution < 1.29 is 16.8 Å². The molecule has 1 aliphatic rings. The number of nitrogens with one attached hydrogen (secondary N) is 2. The van der Waals surface area contributed by atoms with E-state index in [9.17, 15) is 16.8 Å². The topological polar surface area (TPSA) is 118 Å². The molecule has 0 bridgehead atoms. The first-order valence-electron chi connectivity index (χ1n) is 7.36. The number of fused-ring (bicyclic) bond motifs is 1. The number of primary sulfonamides is 1. The maximum absolute atomic E-state index is 12.5. The zero-order valence-electron chi connectivity index (χ0n) is 13.2. The third-order valence-corrected chi connectivity index (χ3v) is 6.76. The van der Waals surface area contributed by atoms with Gasteiger partial charge < -0.3 is 5.32 Å². The van der Waals surface area contributed by atoms with Gasteiger partial charge >= 0.3 is 0 Å². The van der Waals surface area contributed by atoms with E-state index in [1.807, 2.05) is 31.2 Å². The van der Waals surface area contributed by atoms with E-state index in [1.165, 1.54) is 6.07 Å². The standard InChI is InChI=1S/C15H16ClN3O4S2/c1-2-9-3-5-10(6-4-9)15-18-12-7-11(16)13(24(17,20)21)8-14(12)25(22,23)19-15/h3-8,15,18-19H,2H2,1H3,(H2,17,20,21)/t15-/m1/s1. The predicted molar refractivity (Wildman–Crippen MR) is 95.3 cm³/mol. The summed E-state index contributed by atoms with van der Waals surface area (Å²) >= 11 is 5.96. The Morgan fingerprint density at radius 2 is 1.84 bits per heavy atom. The first-order valence-corrected chi connectivity index (χ1v) is 10.8. The monoisotopic (exact) mass is 401 g/mol. The lowest BCUT2D eigenvalue weighted by Crippen LogP contribution is -2.38. The van der Waals surface area contributed by atoms with Gasteiger partial charge in [0, 0.05) is 0 Å². The average molecular weight is 402 g/mol. The second-order valence-electron chi connectivity index (χ2n) is 5.62. The summed E-state index contributed by atoms with van der Waals surface area (Å²) in [6.45, 7) is 2.03. The van der Waals surface area contributed by atoms with E-state index in [2.05, 4.69) is 10.0 Å². The van der Waals surface area contributed by atoms with Gasteiger partial charge in [-0.25, -0.2) is 22.0 Å². The second kappa shape index (κ2) is 6.26. The lowest BCUT2D eigenvalue weighted by Gasteiger charge is -2.29. The van der Waals surface area contributed by atoms with Crippen molar-refractivity contribution in [3.63, 3.8) is 0 Å². The molecule has 3 rings (SSSR count). The molecule has 0 saturated heterocycles. The number of hydrogen-bond donors (Lipinski definition) is 3. The SMILES string of the molecule is CCc1ccc([C@@H]2Nc3cc(Cl)c(S(N)(=O)=O)cc3S(=O)(=O)N2)cc1. The molecule has 4 N–H and O–H groups in total. The molecular weight excluding hydrogens is 386 g/mol. The van der Waals surface area contributed by atoms with Crippen molar-refractivity contribution in [2.45, 2.75) is 29.3 Å². The summed E-state index contributed by atoms with van der Waals surface area (Å²) in [6.07, 6.45) is 0.179. The van der Waals surface area contributed by atoms with Crippen molar-refractivity contribution in [2.75, 3.05) is 5.32 Å². The molecule has 0 spiro atoms.